The molecule has 0 saturated carbocycles. The molecule has 0 atom stereocenters. The second kappa shape index (κ2) is 12.0. The van der Waals surface area contributed by atoms with E-state index in [1.165, 1.54) is 11.1 Å². The van der Waals surface area contributed by atoms with Gasteiger partial charge in [0.05, 0.1) is 13.7 Å². The van der Waals surface area contributed by atoms with E-state index in [1.54, 1.807) is 7.11 Å². The van der Waals surface area contributed by atoms with Crippen molar-refractivity contribution in [3.05, 3.63) is 65.5 Å². The molecule has 0 unspecified atom stereocenters. The monoisotopic (exact) mass is 480 g/mol. The molecule has 1 fully saturated rings. The highest BCUT2D eigenvalue weighted by molar-refractivity contribution is 7.98. The number of nitrogens with one attached hydrogen (secondary N) is 1. The summed E-state index contributed by atoms with van der Waals surface area (Å²) in [6, 6.07) is 16.0. The lowest BCUT2D eigenvalue weighted by Gasteiger charge is -2.30. The molecule has 1 saturated heterocycles. The Bertz CT molecular complexity index is 1060. The fourth-order valence-corrected chi connectivity index (χ4v) is 5.00. The number of aromatic nitrogens is 2. The molecule has 2 aromatic carbocycles. The van der Waals surface area contributed by atoms with E-state index in [9.17, 15) is 4.79 Å². The van der Waals surface area contributed by atoms with E-state index >= 15 is 0 Å². The minimum Gasteiger partial charge on any atom is -0.497 e. The number of ether oxygens (including phenoxy) is 1. The molecule has 8 heteroatoms. The third-order valence-corrected chi connectivity index (χ3v) is 7.21. The van der Waals surface area contributed by atoms with Crippen molar-refractivity contribution in [2.45, 2.75) is 32.1 Å². The molecule has 34 heavy (non-hydrogen) atoms. The zero-order chi connectivity index (χ0) is 23.8. The highest BCUT2D eigenvalue weighted by atomic mass is 32.2. The number of nitrogens with zero attached hydrogens (tertiary/aromatic N) is 3. The van der Waals surface area contributed by atoms with E-state index in [0.29, 0.717) is 24.8 Å². The van der Waals surface area contributed by atoms with E-state index in [4.69, 9.17) is 9.26 Å². The van der Waals surface area contributed by atoms with Crippen LogP contribution in [0.4, 0.5) is 0 Å². The number of methoxy groups -OCH3 is 1. The van der Waals surface area contributed by atoms with Crippen molar-refractivity contribution >= 4 is 17.7 Å². The molecular formula is C26H32N4O3S. The standard InChI is InChI=1S/C26H32N4O3S/c1-19-5-3-4-6-22(19)18-34-16-13-27-26(31)21-11-14-30(15-12-21)17-24-28-25(29-33-24)20-7-9-23(32-2)10-8-20/h3-10,21H,11-18H2,1-2H3,(H,27,31). The second-order valence-corrected chi connectivity index (χ2v) is 9.67. The van der Waals surface area contributed by atoms with Crippen LogP contribution in [0.15, 0.2) is 53.1 Å². The summed E-state index contributed by atoms with van der Waals surface area (Å²) in [5.74, 6) is 4.13. The largest absolute Gasteiger partial charge is 0.497 e. The predicted octanol–water partition coefficient (Wildman–Crippen LogP) is 4.32. The van der Waals surface area contributed by atoms with Crippen LogP contribution in [0.5, 0.6) is 5.75 Å². The van der Waals surface area contributed by atoms with Crippen LogP contribution in [0.25, 0.3) is 11.4 Å². The summed E-state index contributed by atoms with van der Waals surface area (Å²) < 4.78 is 10.6. The normalized spacial score (nSPS) is 14.8. The molecule has 7 nitrogen and oxygen atoms in total. The zero-order valence-electron chi connectivity index (χ0n) is 19.8. The molecule has 4 rings (SSSR count). The van der Waals surface area contributed by atoms with Crippen LogP contribution in [-0.4, -0.2) is 53.4 Å². The van der Waals surface area contributed by atoms with E-state index < -0.39 is 0 Å². The van der Waals surface area contributed by atoms with Crippen LogP contribution in [0.3, 0.4) is 0 Å². The van der Waals surface area contributed by atoms with Crippen molar-refractivity contribution < 1.29 is 14.1 Å². The first-order valence-corrected chi connectivity index (χ1v) is 12.9. The van der Waals surface area contributed by atoms with Crippen LogP contribution >= 0.6 is 11.8 Å². The predicted molar refractivity (Wildman–Crippen MR) is 135 cm³/mol. The number of likely N-dealkylation sites (tertiary alicyclic amines) is 1. The van der Waals surface area contributed by atoms with E-state index in [1.807, 2.05) is 36.0 Å². The van der Waals surface area contributed by atoms with Gasteiger partial charge in [-0.3, -0.25) is 9.69 Å². The fourth-order valence-electron chi connectivity index (χ4n) is 4.07. The van der Waals surface area contributed by atoms with E-state index in [2.05, 4.69) is 51.5 Å². The third kappa shape index (κ3) is 6.61. The Labute approximate surface area is 205 Å². The summed E-state index contributed by atoms with van der Waals surface area (Å²) in [6.07, 6.45) is 1.70. The first-order chi connectivity index (χ1) is 16.6. The number of rotatable bonds is 10. The van der Waals surface area contributed by atoms with Gasteiger partial charge in [-0.25, -0.2) is 0 Å². The molecule has 2 heterocycles. The summed E-state index contributed by atoms with van der Waals surface area (Å²) in [6.45, 7) is 5.15. The highest BCUT2D eigenvalue weighted by Gasteiger charge is 2.25. The molecule has 1 aliphatic heterocycles. The Kier molecular flexibility index (Phi) is 8.60. The smallest absolute Gasteiger partial charge is 0.241 e. The Morgan fingerprint density at radius 3 is 2.68 bits per heavy atom. The number of piperidine rings is 1. The van der Waals surface area contributed by atoms with Crippen LogP contribution in [0, 0.1) is 12.8 Å². The number of aryl methyl sites for hydroxylation is 1. The molecule has 3 aromatic rings. The summed E-state index contributed by atoms with van der Waals surface area (Å²) >= 11 is 1.86. The molecule has 180 valence electrons. The van der Waals surface area contributed by atoms with Gasteiger partial charge in [0.15, 0.2) is 0 Å². The van der Waals surface area contributed by atoms with Gasteiger partial charge in [-0.05, 0) is 68.2 Å². The van der Waals surface area contributed by atoms with Gasteiger partial charge in [0, 0.05) is 29.5 Å². The van der Waals surface area contributed by atoms with Gasteiger partial charge < -0.3 is 14.6 Å². The summed E-state index contributed by atoms with van der Waals surface area (Å²) in [5, 5.41) is 7.22. The Morgan fingerprint density at radius 1 is 1.18 bits per heavy atom. The third-order valence-electron chi connectivity index (χ3n) is 6.20. The minimum absolute atomic E-state index is 0.0789. The highest BCUT2D eigenvalue weighted by Crippen LogP contribution is 2.22. The van der Waals surface area contributed by atoms with Gasteiger partial charge in [0.25, 0.3) is 0 Å². The van der Waals surface area contributed by atoms with Crippen molar-refractivity contribution in [3.63, 3.8) is 0 Å². The Morgan fingerprint density at radius 2 is 1.94 bits per heavy atom. The molecule has 0 spiro atoms. The molecular weight excluding hydrogens is 448 g/mol. The number of thioether (sulfide) groups is 1. The topological polar surface area (TPSA) is 80.5 Å². The number of hydrogen-bond donors (Lipinski definition) is 1. The Hall–Kier alpha value is -2.84. The van der Waals surface area contributed by atoms with Gasteiger partial charge in [-0.15, -0.1) is 0 Å². The van der Waals surface area contributed by atoms with Gasteiger partial charge >= 0.3 is 0 Å². The lowest BCUT2D eigenvalue weighted by molar-refractivity contribution is -0.126. The molecule has 0 radical (unpaired) electrons. The Balaban J connectivity index is 1.14. The molecule has 1 amide bonds. The number of carbonyl (C=O) groups excluding carboxylic acids is 1. The summed E-state index contributed by atoms with van der Waals surface area (Å²) in [4.78, 5) is 19.4. The fraction of sp³-hybridized carbons (Fsp3) is 0.423. The van der Waals surface area contributed by atoms with Crippen molar-refractivity contribution in [2.24, 2.45) is 5.92 Å². The van der Waals surface area contributed by atoms with Crippen LogP contribution in [0.1, 0.15) is 29.9 Å². The minimum atomic E-state index is 0.0789. The SMILES string of the molecule is COc1ccc(-c2noc(CN3CCC(C(=O)NCCSCc4ccccc4C)CC3)n2)cc1. The van der Waals surface area contributed by atoms with Crippen molar-refractivity contribution in [1.82, 2.24) is 20.4 Å². The lowest BCUT2D eigenvalue weighted by Crippen LogP contribution is -2.40. The first-order valence-electron chi connectivity index (χ1n) is 11.7. The number of hydrogen-bond acceptors (Lipinski definition) is 7. The van der Waals surface area contributed by atoms with Gasteiger partial charge in [-0.2, -0.15) is 16.7 Å². The van der Waals surface area contributed by atoms with Gasteiger partial charge in [0.2, 0.25) is 17.6 Å². The average Bonchev–Trinajstić information content (AvgIpc) is 3.33. The van der Waals surface area contributed by atoms with Crippen LogP contribution in [-0.2, 0) is 17.1 Å². The number of amides is 1. The molecule has 0 bridgehead atoms. The van der Waals surface area contributed by atoms with E-state index in [0.717, 1.165) is 48.7 Å². The number of benzene rings is 2. The lowest BCUT2D eigenvalue weighted by atomic mass is 9.96. The molecule has 0 aliphatic carbocycles. The summed E-state index contributed by atoms with van der Waals surface area (Å²) in [7, 11) is 1.64. The average molecular weight is 481 g/mol. The molecule has 1 N–H and O–H groups in total. The maximum Gasteiger partial charge on any atom is 0.241 e. The first kappa shape index (κ1) is 24.3. The maximum absolute atomic E-state index is 12.6. The molecule has 1 aromatic heterocycles. The molecule has 1 aliphatic rings. The maximum atomic E-state index is 12.6. The van der Waals surface area contributed by atoms with Gasteiger partial charge in [0.1, 0.15) is 5.75 Å². The van der Waals surface area contributed by atoms with Crippen LogP contribution in [0.2, 0.25) is 0 Å². The summed E-state index contributed by atoms with van der Waals surface area (Å²) in [5.41, 5.74) is 3.58. The van der Waals surface area contributed by atoms with E-state index in [-0.39, 0.29) is 11.8 Å². The van der Waals surface area contributed by atoms with Crippen LogP contribution < -0.4 is 10.1 Å². The quantitative estimate of drug-likeness (QED) is 0.433. The van der Waals surface area contributed by atoms with Gasteiger partial charge in [-0.1, -0.05) is 29.4 Å². The zero-order valence-corrected chi connectivity index (χ0v) is 20.6. The van der Waals surface area contributed by atoms with Crippen molar-refractivity contribution in [2.75, 3.05) is 32.5 Å². The number of carbonyl (C=O) groups is 1. The van der Waals surface area contributed by atoms with Crippen molar-refractivity contribution in [3.8, 4) is 17.1 Å². The van der Waals surface area contributed by atoms with Crippen molar-refractivity contribution in [1.29, 1.82) is 0 Å². The second-order valence-electron chi connectivity index (χ2n) is 8.56.